The summed E-state index contributed by atoms with van der Waals surface area (Å²) >= 11 is 6.74. The number of sulfonamides is 1. The van der Waals surface area contributed by atoms with E-state index in [0.717, 1.165) is 16.9 Å². The maximum atomic E-state index is 11.9. The highest BCUT2D eigenvalue weighted by molar-refractivity contribution is 7.91. The molecule has 0 atom stereocenters. The molecule has 96 valence electrons. The number of nitrogens with one attached hydrogen (secondary N) is 1. The van der Waals surface area contributed by atoms with Gasteiger partial charge in [-0.3, -0.25) is 0 Å². The molecule has 0 aliphatic rings. The first-order valence-corrected chi connectivity index (χ1v) is 7.74. The van der Waals surface area contributed by atoms with E-state index >= 15 is 0 Å². The van der Waals surface area contributed by atoms with Gasteiger partial charge in [0.25, 0.3) is 0 Å². The molecule has 0 saturated carbocycles. The molecule has 0 aliphatic carbocycles. The normalized spacial score (nSPS) is 11.6. The third kappa shape index (κ3) is 3.23. The zero-order chi connectivity index (χ0) is 13.2. The molecule has 7 heteroatoms. The zero-order valence-electron chi connectivity index (χ0n) is 9.26. The van der Waals surface area contributed by atoms with Crippen molar-refractivity contribution in [1.82, 2.24) is 4.72 Å². The predicted molar refractivity (Wildman–Crippen MR) is 74.2 cm³/mol. The lowest BCUT2D eigenvalue weighted by Gasteiger charge is -2.05. The largest absolute Gasteiger partial charge is 0.399 e. The van der Waals surface area contributed by atoms with Gasteiger partial charge in [0.2, 0.25) is 10.0 Å². The van der Waals surface area contributed by atoms with Gasteiger partial charge in [-0.25, -0.2) is 13.1 Å². The van der Waals surface area contributed by atoms with Crippen LogP contribution in [0.1, 0.15) is 5.56 Å². The van der Waals surface area contributed by atoms with Crippen molar-refractivity contribution < 1.29 is 8.42 Å². The van der Waals surface area contributed by atoms with Crippen LogP contribution in [0.3, 0.4) is 0 Å². The highest BCUT2D eigenvalue weighted by atomic mass is 35.5. The minimum atomic E-state index is -3.49. The Kier molecular flexibility index (Phi) is 3.91. The van der Waals surface area contributed by atoms with Gasteiger partial charge in [0.15, 0.2) is 0 Å². The number of anilines is 1. The van der Waals surface area contributed by atoms with E-state index in [0.29, 0.717) is 10.0 Å². The second-order valence-corrected chi connectivity index (χ2v) is 7.33. The summed E-state index contributed by atoms with van der Waals surface area (Å²) in [4.78, 5) is 0. The third-order valence-corrected chi connectivity index (χ3v) is 5.38. The van der Waals surface area contributed by atoms with Gasteiger partial charge in [-0.2, -0.15) is 0 Å². The molecule has 0 bridgehead atoms. The number of benzene rings is 1. The van der Waals surface area contributed by atoms with Crippen LogP contribution >= 0.6 is 22.9 Å². The highest BCUT2D eigenvalue weighted by Gasteiger charge is 2.15. The summed E-state index contributed by atoms with van der Waals surface area (Å²) in [6.45, 7) is 0.220. The summed E-state index contributed by atoms with van der Waals surface area (Å²) in [6.07, 6.45) is 0. The fourth-order valence-electron chi connectivity index (χ4n) is 1.33. The number of rotatable bonds is 4. The molecule has 0 spiro atoms. The van der Waals surface area contributed by atoms with Crippen LogP contribution in [0.5, 0.6) is 0 Å². The molecule has 3 N–H and O–H groups in total. The average molecular weight is 303 g/mol. The van der Waals surface area contributed by atoms with Crippen molar-refractivity contribution in [3.63, 3.8) is 0 Å². The summed E-state index contributed by atoms with van der Waals surface area (Å²) in [6, 6.07) is 10.1. The maximum Gasteiger partial charge on any atom is 0.250 e. The number of nitrogens with two attached hydrogens (primary N) is 1. The van der Waals surface area contributed by atoms with Gasteiger partial charge in [-0.15, -0.1) is 11.3 Å². The van der Waals surface area contributed by atoms with Crippen molar-refractivity contribution in [1.29, 1.82) is 0 Å². The molecule has 18 heavy (non-hydrogen) atoms. The Labute approximate surface area is 114 Å². The van der Waals surface area contributed by atoms with E-state index in [1.165, 1.54) is 6.07 Å². The van der Waals surface area contributed by atoms with Crippen LogP contribution in [-0.4, -0.2) is 8.42 Å². The van der Waals surface area contributed by atoms with E-state index in [4.69, 9.17) is 17.3 Å². The Morgan fingerprint density at radius 1 is 1.17 bits per heavy atom. The smallest absolute Gasteiger partial charge is 0.250 e. The lowest BCUT2D eigenvalue weighted by Crippen LogP contribution is -2.22. The van der Waals surface area contributed by atoms with E-state index in [1.807, 2.05) is 0 Å². The summed E-state index contributed by atoms with van der Waals surface area (Å²) in [5.74, 6) is 0. The van der Waals surface area contributed by atoms with Crippen LogP contribution in [-0.2, 0) is 16.6 Å². The molecule has 2 rings (SSSR count). The molecule has 1 aromatic carbocycles. The Hall–Kier alpha value is -1.08. The van der Waals surface area contributed by atoms with Crippen LogP contribution in [0.2, 0.25) is 4.34 Å². The van der Waals surface area contributed by atoms with E-state index in [2.05, 4.69) is 4.72 Å². The first-order valence-electron chi connectivity index (χ1n) is 5.07. The molecule has 0 radical (unpaired) electrons. The zero-order valence-corrected chi connectivity index (χ0v) is 11.6. The monoisotopic (exact) mass is 302 g/mol. The summed E-state index contributed by atoms with van der Waals surface area (Å²) in [7, 11) is -3.49. The van der Waals surface area contributed by atoms with Crippen LogP contribution in [0.4, 0.5) is 5.69 Å². The number of hydrogen-bond acceptors (Lipinski definition) is 4. The molecule has 0 saturated heterocycles. The molecule has 1 heterocycles. The molecule has 0 amide bonds. The molecule has 1 aromatic heterocycles. The minimum Gasteiger partial charge on any atom is -0.399 e. The van der Waals surface area contributed by atoms with Crippen molar-refractivity contribution in [3.8, 4) is 0 Å². The number of nitrogen functional groups attached to an aromatic ring is 1. The van der Waals surface area contributed by atoms with Crippen LogP contribution in [0.25, 0.3) is 0 Å². The van der Waals surface area contributed by atoms with Crippen molar-refractivity contribution in [3.05, 3.63) is 46.3 Å². The number of thiophene rings is 1. The molecular weight excluding hydrogens is 292 g/mol. The second-order valence-electron chi connectivity index (χ2n) is 3.62. The van der Waals surface area contributed by atoms with E-state index in [1.54, 1.807) is 30.3 Å². The van der Waals surface area contributed by atoms with Gasteiger partial charge in [0.05, 0.1) is 4.34 Å². The van der Waals surface area contributed by atoms with Crippen molar-refractivity contribution in [2.45, 2.75) is 10.8 Å². The summed E-state index contributed by atoms with van der Waals surface area (Å²) < 4.78 is 27.0. The third-order valence-electron chi connectivity index (χ3n) is 2.26. The van der Waals surface area contributed by atoms with Crippen molar-refractivity contribution in [2.24, 2.45) is 0 Å². The quantitative estimate of drug-likeness (QED) is 0.852. The Balaban J connectivity index is 2.08. The van der Waals surface area contributed by atoms with Gasteiger partial charge in [-0.05, 0) is 29.8 Å². The predicted octanol–water partition coefficient (Wildman–Crippen LogP) is 2.46. The van der Waals surface area contributed by atoms with Gasteiger partial charge in [0, 0.05) is 12.2 Å². The average Bonchev–Trinajstić information content (AvgIpc) is 2.76. The van der Waals surface area contributed by atoms with Gasteiger partial charge >= 0.3 is 0 Å². The first-order chi connectivity index (χ1) is 8.47. The lowest BCUT2D eigenvalue weighted by molar-refractivity contribution is 0.583. The van der Waals surface area contributed by atoms with E-state index < -0.39 is 10.0 Å². The first kappa shape index (κ1) is 13.4. The highest BCUT2D eigenvalue weighted by Crippen LogP contribution is 2.25. The second kappa shape index (κ2) is 5.27. The summed E-state index contributed by atoms with van der Waals surface area (Å²) in [5, 5.41) is 0. The topological polar surface area (TPSA) is 72.2 Å². The Bertz CT molecular complexity index is 635. The molecule has 4 nitrogen and oxygen atoms in total. The molecule has 2 aromatic rings. The fourth-order valence-corrected chi connectivity index (χ4v) is 3.87. The van der Waals surface area contributed by atoms with Gasteiger partial charge in [-0.1, -0.05) is 23.7 Å². The summed E-state index contributed by atoms with van der Waals surface area (Å²) in [5.41, 5.74) is 7.04. The van der Waals surface area contributed by atoms with Crippen LogP contribution in [0, 0.1) is 0 Å². The number of hydrogen-bond donors (Lipinski definition) is 2. The standard InChI is InChI=1S/C11H11ClN2O2S2/c12-10-5-6-11(17-10)18(15,16)14-7-8-1-3-9(13)4-2-8/h1-6,14H,7,13H2. The van der Waals surface area contributed by atoms with Gasteiger partial charge < -0.3 is 5.73 Å². The maximum absolute atomic E-state index is 11.9. The van der Waals surface area contributed by atoms with Crippen molar-refractivity contribution in [2.75, 3.05) is 5.73 Å². The van der Waals surface area contributed by atoms with Crippen LogP contribution < -0.4 is 10.5 Å². The van der Waals surface area contributed by atoms with E-state index in [-0.39, 0.29) is 10.8 Å². The minimum absolute atomic E-state index is 0.211. The lowest BCUT2D eigenvalue weighted by atomic mass is 10.2. The van der Waals surface area contributed by atoms with Gasteiger partial charge in [0.1, 0.15) is 4.21 Å². The Morgan fingerprint density at radius 3 is 2.39 bits per heavy atom. The molecule has 0 aliphatic heterocycles. The number of halogens is 1. The fraction of sp³-hybridized carbons (Fsp3) is 0.0909. The van der Waals surface area contributed by atoms with E-state index in [9.17, 15) is 8.42 Å². The SMILES string of the molecule is Nc1ccc(CNS(=O)(=O)c2ccc(Cl)s2)cc1. The Morgan fingerprint density at radius 2 is 1.83 bits per heavy atom. The van der Waals surface area contributed by atoms with Crippen molar-refractivity contribution >= 4 is 38.6 Å². The molecule has 0 fully saturated rings. The molecular formula is C11H11ClN2O2S2. The van der Waals surface area contributed by atoms with Crippen LogP contribution in [0.15, 0.2) is 40.6 Å². The molecule has 0 unspecified atom stereocenters.